The molecule has 3 nitrogen and oxygen atoms in total. The summed E-state index contributed by atoms with van der Waals surface area (Å²) in [6.07, 6.45) is 0. The Morgan fingerprint density at radius 1 is 0.293 bits per heavy atom. The van der Waals surface area contributed by atoms with E-state index in [0.717, 1.165) is 38.6 Å². The summed E-state index contributed by atoms with van der Waals surface area (Å²) < 4.78 is 4.84. The Labute approximate surface area is 342 Å². The highest BCUT2D eigenvalue weighted by Crippen LogP contribution is 2.45. The van der Waals surface area contributed by atoms with Crippen molar-refractivity contribution in [2.75, 3.05) is 0 Å². The average molecular weight is 774 g/mol. The fraction of sp³-hybridized carbons (Fsp3) is 0. The van der Waals surface area contributed by atoms with Crippen molar-refractivity contribution in [2.45, 2.75) is 0 Å². The lowest BCUT2D eigenvalue weighted by molar-refractivity contribution is 1.08. The van der Waals surface area contributed by atoms with E-state index < -0.39 is 0 Å². The van der Waals surface area contributed by atoms with Gasteiger partial charge in [0.05, 0.1) is 0 Å². The van der Waals surface area contributed by atoms with Crippen molar-refractivity contribution in [3.05, 3.63) is 188 Å². The lowest BCUT2D eigenvalue weighted by atomic mass is 9.89. The number of fused-ring (bicyclic) bond motifs is 8. The molecule has 0 saturated heterocycles. The van der Waals surface area contributed by atoms with Crippen LogP contribution < -0.4 is 0 Å². The molecule has 3 heterocycles. The van der Waals surface area contributed by atoms with Crippen LogP contribution in [-0.4, -0.2) is 15.0 Å². The minimum absolute atomic E-state index is 0.650. The van der Waals surface area contributed by atoms with E-state index in [9.17, 15) is 0 Å². The maximum Gasteiger partial charge on any atom is 0.165 e. The molecule has 0 aliphatic carbocycles. The molecule has 58 heavy (non-hydrogen) atoms. The first kappa shape index (κ1) is 33.1. The van der Waals surface area contributed by atoms with E-state index in [-0.39, 0.29) is 0 Å². The number of thiophene rings is 2. The molecule has 0 atom stereocenters. The zero-order valence-electron chi connectivity index (χ0n) is 31.1. The molecule has 3 aromatic heterocycles. The van der Waals surface area contributed by atoms with E-state index in [1.807, 2.05) is 0 Å². The first-order valence-electron chi connectivity index (χ1n) is 19.4. The van der Waals surface area contributed by atoms with Crippen LogP contribution in [0.4, 0.5) is 0 Å². The van der Waals surface area contributed by atoms with E-state index in [0.29, 0.717) is 17.5 Å². The van der Waals surface area contributed by atoms with Crippen molar-refractivity contribution in [3.63, 3.8) is 0 Å². The topological polar surface area (TPSA) is 38.7 Å². The first-order chi connectivity index (χ1) is 28.7. The standard InChI is InChI=1S/C53H31N3S2/c1-2-13-32(14-3-1)34-27-29-37-35(31-34)28-30-41(38-20-10-16-33-15-4-5-17-36(33)38)48(37)53-55-51(44-23-11-21-42-39-18-6-8-25-46(39)57-49(42)44)54-52(56-53)45-24-12-22-43-40-19-7-9-26-47(40)58-50(43)45/h1-31H. The number of benzene rings is 9. The fourth-order valence-electron chi connectivity index (χ4n) is 8.64. The molecule has 0 bridgehead atoms. The Morgan fingerprint density at radius 2 is 0.828 bits per heavy atom. The Hall–Kier alpha value is -7.05. The minimum atomic E-state index is 0.650. The van der Waals surface area contributed by atoms with Crippen molar-refractivity contribution < 1.29 is 0 Å². The second-order valence-electron chi connectivity index (χ2n) is 14.7. The van der Waals surface area contributed by atoms with Crippen molar-refractivity contribution in [2.24, 2.45) is 0 Å². The van der Waals surface area contributed by atoms with Gasteiger partial charge >= 0.3 is 0 Å². The van der Waals surface area contributed by atoms with Crippen LogP contribution in [0.1, 0.15) is 0 Å². The molecule has 5 heteroatoms. The van der Waals surface area contributed by atoms with E-state index >= 15 is 0 Å². The largest absolute Gasteiger partial charge is 0.208 e. The summed E-state index contributed by atoms with van der Waals surface area (Å²) >= 11 is 3.59. The van der Waals surface area contributed by atoms with Gasteiger partial charge in [0.25, 0.3) is 0 Å². The summed E-state index contributed by atoms with van der Waals surface area (Å²) in [4.78, 5) is 16.5. The zero-order valence-corrected chi connectivity index (χ0v) is 32.7. The van der Waals surface area contributed by atoms with E-state index in [1.165, 1.54) is 62.2 Å². The molecule has 0 saturated carbocycles. The lowest BCUT2D eigenvalue weighted by Gasteiger charge is -2.17. The van der Waals surface area contributed by atoms with E-state index in [2.05, 4.69) is 188 Å². The molecule has 0 amide bonds. The number of aromatic nitrogens is 3. The molecule has 0 spiro atoms. The predicted octanol–water partition coefficient (Wildman–Crippen LogP) is 15.2. The lowest BCUT2D eigenvalue weighted by Crippen LogP contribution is -2.02. The van der Waals surface area contributed by atoms with E-state index in [1.54, 1.807) is 22.7 Å². The van der Waals surface area contributed by atoms with Gasteiger partial charge in [0, 0.05) is 57.0 Å². The van der Waals surface area contributed by atoms with Gasteiger partial charge < -0.3 is 0 Å². The van der Waals surface area contributed by atoms with Gasteiger partial charge in [-0.25, -0.2) is 15.0 Å². The van der Waals surface area contributed by atoms with Crippen LogP contribution in [0, 0.1) is 0 Å². The van der Waals surface area contributed by atoms with Crippen LogP contribution in [-0.2, 0) is 0 Å². The van der Waals surface area contributed by atoms with Crippen molar-refractivity contribution >= 4 is 84.6 Å². The number of rotatable bonds is 5. The molecule has 12 rings (SSSR count). The molecule has 12 aromatic rings. The highest BCUT2D eigenvalue weighted by Gasteiger charge is 2.23. The molecular weight excluding hydrogens is 743 g/mol. The SMILES string of the molecule is c1ccc(-c2ccc3c(-c4nc(-c5cccc6c5sc5ccccc56)nc(-c5cccc6c5sc5ccccc56)n4)c(-c4cccc5ccccc45)ccc3c2)cc1. The summed E-state index contributed by atoms with van der Waals surface area (Å²) in [6.45, 7) is 0. The third-order valence-corrected chi connectivity index (χ3v) is 13.8. The van der Waals surface area contributed by atoms with Gasteiger partial charge in [-0.3, -0.25) is 0 Å². The fourth-order valence-corrected chi connectivity index (χ4v) is 11.1. The van der Waals surface area contributed by atoms with Gasteiger partial charge in [0.1, 0.15) is 0 Å². The molecule has 270 valence electrons. The van der Waals surface area contributed by atoms with Crippen LogP contribution in [0.15, 0.2) is 188 Å². The Balaban J connectivity index is 1.19. The minimum Gasteiger partial charge on any atom is -0.208 e. The Morgan fingerprint density at radius 3 is 1.52 bits per heavy atom. The molecule has 0 aliphatic rings. The van der Waals surface area contributed by atoms with Crippen LogP contribution >= 0.6 is 22.7 Å². The Kier molecular flexibility index (Phi) is 7.58. The molecule has 0 N–H and O–H groups in total. The van der Waals surface area contributed by atoms with Crippen molar-refractivity contribution in [1.82, 2.24) is 15.0 Å². The summed E-state index contributed by atoms with van der Waals surface area (Å²) in [5, 5.41) is 9.51. The molecule has 9 aromatic carbocycles. The van der Waals surface area contributed by atoms with Gasteiger partial charge in [-0.2, -0.15) is 0 Å². The van der Waals surface area contributed by atoms with Gasteiger partial charge in [-0.05, 0) is 74.1 Å². The van der Waals surface area contributed by atoms with Crippen molar-refractivity contribution in [3.8, 4) is 56.4 Å². The van der Waals surface area contributed by atoms with Gasteiger partial charge in [0.2, 0.25) is 0 Å². The molecule has 0 aliphatic heterocycles. The highest BCUT2D eigenvalue weighted by molar-refractivity contribution is 7.26. The van der Waals surface area contributed by atoms with Crippen molar-refractivity contribution in [1.29, 1.82) is 0 Å². The second kappa shape index (κ2) is 13.3. The number of hydrogen-bond donors (Lipinski definition) is 0. The molecule has 0 radical (unpaired) electrons. The van der Waals surface area contributed by atoms with Gasteiger partial charge in [-0.1, -0.05) is 158 Å². The first-order valence-corrected chi connectivity index (χ1v) is 21.1. The Bertz CT molecular complexity index is 3450. The van der Waals surface area contributed by atoms with Crippen LogP contribution in [0.25, 0.3) is 118 Å². The molecule has 0 fully saturated rings. The quantitative estimate of drug-likeness (QED) is 0.175. The maximum absolute atomic E-state index is 5.53. The third-order valence-electron chi connectivity index (χ3n) is 11.4. The van der Waals surface area contributed by atoms with Gasteiger partial charge in [-0.15, -0.1) is 22.7 Å². The van der Waals surface area contributed by atoms with Gasteiger partial charge in [0.15, 0.2) is 17.5 Å². The number of nitrogens with zero attached hydrogens (tertiary/aromatic N) is 3. The summed E-state index contributed by atoms with van der Waals surface area (Å²) in [5.74, 6) is 1.98. The third kappa shape index (κ3) is 5.28. The number of hydrogen-bond acceptors (Lipinski definition) is 5. The normalized spacial score (nSPS) is 11.8. The molecule has 0 unspecified atom stereocenters. The highest BCUT2D eigenvalue weighted by atomic mass is 32.1. The summed E-state index contributed by atoms with van der Waals surface area (Å²) in [6, 6.07) is 67.4. The van der Waals surface area contributed by atoms with Crippen LogP contribution in [0.3, 0.4) is 0 Å². The summed E-state index contributed by atoms with van der Waals surface area (Å²) in [5.41, 5.74) is 7.58. The maximum atomic E-state index is 5.53. The van der Waals surface area contributed by atoms with Crippen LogP contribution in [0.5, 0.6) is 0 Å². The average Bonchev–Trinajstić information content (AvgIpc) is 3.87. The van der Waals surface area contributed by atoms with E-state index in [4.69, 9.17) is 15.0 Å². The predicted molar refractivity (Wildman–Crippen MR) is 248 cm³/mol. The van der Waals surface area contributed by atoms with Crippen LogP contribution in [0.2, 0.25) is 0 Å². The smallest absolute Gasteiger partial charge is 0.165 e. The zero-order chi connectivity index (χ0) is 38.2. The second-order valence-corrected chi connectivity index (χ2v) is 16.8. The monoisotopic (exact) mass is 773 g/mol. The summed E-state index contributed by atoms with van der Waals surface area (Å²) in [7, 11) is 0. The molecular formula is C53H31N3S2.